The van der Waals surface area contributed by atoms with Gasteiger partial charge < -0.3 is 19.1 Å². The Labute approximate surface area is 249 Å². The summed E-state index contributed by atoms with van der Waals surface area (Å²) in [6, 6.07) is 0. The van der Waals surface area contributed by atoms with Crippen LogP contribution in [-0.2, 0) is 14.3 Å². The van der Waals surface area contributed by atoms with E-state index in [1.54, 1.807) is 0 Å². The molecule has 0 unspecified atom stereocenters. The largest absolute Gasteiger partial charge is 0.550 e. The van der Waals surface area contributed by atoms with E-state index in [1.165, 1.54) is 116 Å². The molecule has 0 aromatic carbocycles. The van der Waals surface area contributed by atoms with E-state index >= 15 is 0 Å². The number of likely N-dealkylation sites (N-methyl/N-ethyl adjacent to an activating group) is 1. The third-order valence-electron chi connectivity index (χ3n) is 7.15. The fourth-order valence-corrected chi connectivity index (χ4v) is 4.93. The molecule has 226 valence electrons. The first-order chi connectivity index (χ1) is 22.0. The average molecular weight is 549 g/mol. The highest BCUT2D eigenvalue weighted by Gasteiger charge is 2.22. The lowest BCUT2D eigenvalue weighted by molar-refractivity contribution is -0.873. The second-order valence-corrected chi connectivity index (χ2v) is 11.2. The van der Waals surface area contributed by atoms with Crippen molar-refractivity contribution in [2.75, 3.05) is 27.5 Å². The maximum atomic E-state index is 12.4. The number of rotatable bonds is 29. The Morgan fingerprint density at radius 3 is 1.29 bits per heavy atom. The molecule has 5 heteroatoms. The average Bonchev–Trinajstić information content (AvgIpc) is 2.93. The summed E-state index contributed by atoms with van der Waals surface area (Å²) >= 11 is 0. The highest BCUT2D eigenvalue weighted by molar-refractivity contribution is 5.70. The van der Waals surface area contributed by atoms with Crippen LogP contribution in [0.4, 0.5) is 0 Å². The molecule has 0 aromatic heterocycles. The van der Waals surface area contributed by atoms with Gasteiger partial charge in [0, 0.05) is 18.8 Å². The Balaban J connectivity index is 4.06. The van der Waals surface area contributed by atoms with Gasteiger partial charge in [0.25, 0.3) is 0 Å². The molecule has 0 aliphatic heterocycles. The van der Waals surface area contributed by atoms with E-state index < -0.39 is 56.4 Å². The van der Waals surface area contributed by atoms with Gasteiger partial charge in [-0.25, -0.2) is 0 Å². The molecule has 38 heavy (non-hydrogen) atoms. The number of quaternary nitrogens is 1. The first-order valence-electron chi connectivity index (χ1n) is 20.3. The number of esters is 1. The number of carboxylic acid groups (broad SMARTS) is 1. The van der Waals surface area contributed by atoms with Crippen LogP contribution in [0.3, 0.4) is 0 Å². The molecule has 0 bridgehead atoms. The number of carbonyl (C=O) groups is 2. The summed E-state index contributed by atoms with van der Waals surface area (Å²) in [5.41, 5.74) is 0. The van der Waals surface area contributed by atoms with Crippen LogP contribution < -0.4 is 5.11 Å². The Morgan fingerprint density at radius 1 is 0.632 bits per heavy atom. The van der Waals surface area contributed by atoms with Gasteiger partial charge in [0.15, 0.2) is 6.10 Å². The normalized spacial score (nSPS) is 17.0. The van der Waals surface area contributed by atoms with Gasteiger partial charge in [-0.1, -0.05) is 148 Å². The van der Waals surface area contributed by atoms with Crippen molar-refractivity contribution in [3.8, 4) is 0 Å². The molecule has 0 saturated carbocycles. The molecule has 0 rings (SSSR count). The highest BCUT2D eigenvalue weighted by Crippen LogP contribution is 2.16. The van der Waals surface area contributed by atoms with Crippen molar-refractivity contribution >= 4 is 11.9 Å². The van der Waals surface area contributed by atoms with E-state index in [4.69, 9.17) is 17.1 Å². The van der Waals surface area contributed by atoms with E-state index in [0.29, 0.717) is 6.42 Å². The molecule has 0 fully saturated rings. The molecule has 0 N–H and O–H groups in total. The van der Waals surface area contributed by atoms with E-state index in [-0.39, 0.29) is 6.42 Å². The number of hydrogen-bond acceptors (Lipinski definition) is 4. The van der Waals surface area contributed by atoms with Crippen LogP contribution in [0.1, 0.15) is 180 Å². The van der Waals surface area contributed by atoms with Crippen LogP contribution in [0.5, 0.6) is 0 Å². The zero-order valence-corrected chi connectivity index (χ0v) is 24.5. The molecule has 0 aromatic rings. The van der Waals surface area contributed by atoms with Gasteiger partial charge >= 0.3 is 5.97 Å². The van der Waals surface area contributed by atoms with Crippen molar-refractivity contribution in [1.29, 1.82) is 0 Å². The van der Waals surface area contributed by atoms with Crippen molar-refractivity contribution in [2.45, 2.75) is 174 Å². The lowest BCUT2D eigenvalue weighted by atomic mass is 10.0. The topological polar surface area (TPSA) is 66.4 Å². The second-order valence-electron chi connectivity index (χ2n) is 11.2. The number of carbonyl (C=O) groups excluding carboxylic acids is 2. The van der Waals surface area contributed by atoms with Gasteiger partial charge in [0.05, 0.1) is 33.3 Å². The van der Waals surface area contributed by atoms with E-state index in [1.807, 2.05) is 0 Å². The minimum absolute atomic E-state index is 0.0714. The molecule has 0 radical (unpaired) electrons. The summed E-state index contributed by atoms with van der Waals surface area (Å²) < 4.78 is 72.0. The summed E-state index contributed by atoms with van der Waals surface area (Å²) in [5, 5.41) is 11.3. The molecule has 0 spiro atoms. The predicted molar refractivity (Wildman–Crippen MR) is 159 cm³/mol. The Kier molecular flexibility index (Phi) is 16.2. The monoisotopic (exact) mass is 549 g/mol. The van der Waals surface area contributed by atoms with Crippen LogP contribution in [0.25, 0.3) is 0 Å². The minimum atomic E-state index is -3.57. The third-order valence-corrected chi connectivity index (χ3v) is 7.15. The Bertz CT molecular complexity index is 781. The molecular weight excluding hydrogens is 474 g/mol. The SMILES string of the molecule is [2H]C([2H])([2H])[N+](C[C@@H](CC(=O)[O-])OC(=O)CCCCCCCCCCCCCCCCCCCCCCCCC)(C([2H])([2H])[2H])C([2H])([2H])[2H]. The lowest BCUT2D eigenvalue weighted by Gasteiger charge is -2.29. The van der Waals surface area contributed by atoms with Gasteiger partial charge in [0.2, 0.25) is 0 Å². The van der Waals surface area contributed by atoms with Gasteiger partial charge in [-0.3, -0.25) is 4.79 Å². The number of aliphatic carboxylic acids is 1. The van der Waals surface area contributed by atoms with E-state index in [0.717, 1.165) is 25.7 Å². The van der Waals surface area contributed by atoms with Gasteiger partial charge in [-0.15, -0.1) is 0 Å². The molecule has 0 aliphatic rings. The maximum absolute atomic E-state index is 12.4. The van der Waals surface area contributed by atoms with Crippen LogP contribution in [0, 0.1) is 0 Å². The molecule has 0 saturated heterocycles. The number of ether oxygens (including phenoxy) is 1. The molecule has 0 heterocycles. The van der Waals surface area contributed by atoms with E-state index in [2.05, 4.69) is 6.92 Å². The summed E-state index contributed by atoms with van der Waals surface area (Å²) in [6.45, 7) is -9.70. The third kappa shape index (κ3) is 29.5. The highest BCUT2D eigenvalue weighted by atomic mass is 16.5. The Morgan fingerprint density at radius 2 is 0.974 bits per heavy atom. The second kappa shape index (κ2) is 26.1. The zero-order chi connectivity index (χ0) is 35.8. The quantitative estimate of drug-likeness (QED) is 0.0537. The zero-order valence-electron chi connectivity index (χ0n) is 33.5. The summed E-state index contributed by atoms with van der Waals surface area (Å²) in [7, 11) is 0. The van der Waals surface area contributed by atoms with Crippen molar-refractivity contribution in [3.05, 3.63) is 0 Å². The summed E-state index contributed by atoms with van der Waals surface area (Å²) in [4.78, 5) is 23.7. The smallest absolute Gasteiger partial charge is 0.306 e. The molecule has 5 nitrogen and oxygen atoms in total. The van der Waals surface area contributed by atoms with Crippen molar-refractivity contribution in [2.24, 2.45) is 0 Å². The van der Waals surface area contributed by atoms with Crippen LogP contribution in [0.15, 0.2) is 0 Å². The lowest BCUT2D eigenvalue weighted by Crippen LogP contribution is -2.45. The van der Waals surface area contributed by atoms with Gasteiger partial charge in [-0.05, 0) is 6.42 Å². The first kappa shape index (κ1) is 23.6. The molecular formula is C33H65NO4. The fourth-order valence-electron chi connectivity index (χ4n) is 4.93. The van der Waals surface area contributed by atoms with Crippen LogP contribution in [-0.4, -0.2) is 50.0 Å². The summed E-state index contributed by atoms with van der Waals surface area (Å²) in [6.07, 6.45) is 25.7. The van der Waals surface area contributed by atoms with Crippen molar-refractivity contribution < 1.29 is 36.3 Å². The predicted octanol–water partition coefficient (Wildman–Crippen LogP) is 8.13. The van der Waals surface area contributed by atoms with Gasteiger partial charge in [0.1, 0.15) is 6.54 Å². The first-order valence-corrected chi connectivity index (χ1v) is 15.8. The summed E-state index contributed by atoms with van der Waals surface area (Å²) in [5.74, 6) is -2.55. The number of hydrogen-bond donors (Lipinski definition) is 0. The van der Waals surface area contributed by atoms with Crippen LogP contribution >= 0.6 is 0 Å². The minimum Gasteiger partial charge on any atom is -0.550 e. The maximum Gasteiger partial charge on any atom is 0.306 e. The number of nitrogens with zero attached hydrogens (tertiary/aromatic N) is 1. The van der Waals surface area contributed by atoms with Crippen molar-refractivity contribution in [3.63, 3.8) is 0 Å². The van der Waals surface area contributed by atoms with Crippen molar-refractivity contribution in [1.82, 2.24) is 0 Å². The molecule has 0 aliphatic carbocycles. The molecule has 0 amide bonds. The standard InChI is InChI=1S/C33H65NO4/c1-5-6-7-8-9-10-11-12-13-14-15-16-17-18-19-20-21-22-23-24-25-26-27-28-33(37)38-31(29-32(35)36)30-34(2,3)4/h31H,5-30H2,1-4H3/t31-/m1/s1/i2D3,3D3,4D3. The number of unbranched alkanes of at least 4 members (excludes halogenated alkanes) is 22. The fraction of sp³-hybridized carbons (Fsp3) is 0.939. The Hall–Kier alpha value is -1.10. The van der Waals surface area contributed by atoms with Crippen LogP contribution in [0.2, 0.25) is 0 Å². The number of carboxylic acids is 1. The van der Waals surface area contributed by atoms with Gasteiger partial charge in [-0.2, -0.15) is 0 Å². The van der Waals surface area contributed by atoms with E-state index in [9.17, 15) is 14.7 Å². The molecule has 1 atom stereocenters.